The van der Waals surface area contributed by atoms with Gasteiger partial charge >= 0.3 is 5.24 Å². The van der Waals surface area contributed by atoms with Crippen LogP contribution in [0.5, 0.6) is 11.5 Å². The van der Waals surface area contributed by atoms with Crippen molar-refractivity contribution in [2.24, 2.45) is 10.7 Å². The molecule has 1 amide bonds. The lowest BCUT2D eigenvalue weighted by molar-refractivity contribution is 0.268. The molecule has 0 aromatic heterocycles. The number of hydrogen-bond donors (Lipinski definition) is 1. The molecule has 6 heteroatoms. The van der Waals surface area contributed by atoms with Crippen molar-refractivity contribution >= 4 is 39.7 Å². The molecule has 140 valence electrons. The fraction of sp³-hybridized carbons (Fsp3) is 0.0909. The largest absolute Gasteiger partial charge is 0.493 e. The molecule has 1 aliphatic rings. The summed E-state index contributed by atoms with van der Waals surface area (Å²) in [4.78, 5) is 15.7. The summed E-state index contributed by atoms with van der Waals surface area (Å²) in [6.45, 7) is 0.433. The molecule has 2 N–H and O–H groups in total. The SMILES string of the molecule is COc1cc(C=C2SC(=O)N=C2N)ccc1OCc1cccc2ccccc12. The third kappa shape index (κ3) is 3.73. The van der Waals surface area contributed by atoms with Crippen molar-refractivity contribution in [3.05, 3.63) is 76.7 Å². The molecular weight excluding hydrogens is 372 g/mol. The molecule has 3 aromatic rings. The molecule has 0 unspecified atom stereocenters. The maximum Gasteiger partial charge on any atom is 0.311 e. The fourth-order valence-electron chi connectivity index (χ4n) is 3.04. The lowest BCUT2D eigenvalue weighted by Gasteiger charge is -2.13. The number of hydrogen-bond acceptors (Lipinski definition) is 5. The molecule has 0 fully saturated rings. The second-order valence-corrected chi connectivity index (χ2v) is 7.20. The van der Waals surface area contributed by atoms with Gasteiger partial charge in [0.2, 0.25) is 0 Å². The van der Waals surface area contributed by atoms with Gasteiger partial charge in [-0.1, -0.05) is 48.5 Å². The maximum atomic E-state index is 11.4. The highest BCUT2D eigenvalue weighted by atomic mass is 32.2. The van der Waals surface area contributed by atoms with E-state index in [1.807, 2.05) is 42.5 Å². The first-order valence-electron chi connectivity index (χ1n) is 8.69. The number of benzene rings is 3. The number of ether oxygens (including phenoxy) is 2. The van der Waals surface area contributed by atoms with E-state index in [1.54, 1.807) is 7.11 Å². The van der Waals surface area contributed by atoms with Crippen molar-refractivity contribution in [3.63, 3.8) is 0 Å². The number of nitrogens with two attached hydrogens (primary N) is 1. The van der Waals surface area contributed by atoms with Crippen molar-refractivity contribution in [1.82, 2.24) is 0 Å². The number of fused-ring (bicyclic) bond motifs is 1. The highest BCUT2D eigenvalue weighted by Gasteiger charge is 2.19. The normalized spacial score (nSPS) is 15.1. The minimum Gasteiger partial charge on any atom is -0.493 e. The number of amidine groups is 1. The van der Waals surface area contributed by atoms with Crippen molar-refractivity contribution in [2.45, 2.75) is 6.61 Å². The van der Waals surface area contributed by atoms with Crippen LogP contribution in [0.1, 0.15) is 11.1 Å². The van der Waals surface area contributed by atoms with E-state index in [4.69, 9.17) is 15.2 Å². The monoisotopic (exact) mass is 390 g/mol. The van der Waals surface area contributed by atoms with E-state index in [2.05, 4.69) is 29.3 Å². The molecule has 0 saturated heterocycles. The molecule has 1 aliphatic heterocycles. The standard InChI is InChI=1S/C22H18N2O3S/c1-26-19-11-14(12-20-21(23)24-22(25)28-20)9-10-18(19)27-13-16-7-4-6-15-5-2-3-8-17(15)16/h2-12H,13H2,1H3,(H2,23,24,25). The highest BCUT2D eigenvalue weighted by molar-refractivity contribution is 8.18. The molecule has 3 aromatic carbocycles. The summed E-state index contributed by atoms with van der Waals surface area (Å²) >= 11 is 1.02. The van der Waals surface area contributed by atoms with E-state index in [0.29, 0.717) is 23.0 Å². The first-order valence-corrected chi connectivity index (χ1v) is 9.51. The Morgan fingerprint density at radius 1 is 1.07 bits per heavy atom. The van der Waals surface area contributed by atoms with Gasteiger partial charge < -0.3 is 15.2 Å². The minimum absolute atomic E-state index is 0.241. The maximum absolute atomic E-state index is 11.4. The van der Waals surface area contributed by atoms with Gasteiger partial charge in [0.1, 0.15) is 12.4 Å². The van der Waals surface area contributed by atoms with Gasteiger partial charge in [0.05, 0.1) is 12.0 Å². The van der Waals surface area contributed by atoms with Gasteiger partial charge in [0.25, 0.3) is 0 Å². The van der Waals surface area contributed by atoms with Gasteiger partial charge in [-0.2, -0.15) is 4.99 Å². The van der Waals surface area contributed by atoms with Gasteiger partial charge in [-0.15, -0.1) is 0 Å². The Morgan fingerprint density at radius 2 is 1.89 bits per heavy atom. The first-order chi connectivity index (χ1) is 13.6. The predicted molar refractivity (Wildman–Crippen MR) is 114 cm³/mol. The van der Waals surface area contributed by atoms with E-state index in [0.717, 1.165) is 22.9 Å². The number of nitrogens with zero attached hydrogens (tertiary/aromatic N) is 1. The quantitative estimate of drug-likeness (QED) is 0.664. The van der Waals surface area contributed by atoms with Crippen LogP contribution < -0.4 is 15.2 Å². The van der Waals surface area contributed by atoms with Crippen LogP contribution in [-0.2, 0) is 6.61 Å². The van der Waals surface area contributed by atoms with E-state index in [9.17, 15) is 4.79 Å². The topological polar surface area (TPSA) is 73.9 Å². The van der Waals surface area contributed by atoms with Crippen LogP contribution in [0.15, 0.2) is 70.6 Å². The van der Waals surface area contributed by atoms with E-state index in [-0.39, 0.29) is 11.1 Å². The van der Waals surface area contributed by atoms with E-state index in [1.165, 1.54) is 10.8 Å². The Hall–Kier alpha value is -3.25. The van der Waals surface area contributed by atoms with E-state index >= 15 is 0 Å². The summed E-state index contributed by atoms with van der Waals surface area (Å²) in [5.74, 6) is 1.50. The Bertz CT molecular complexity index is 1120. The number of carbonyl (C=O) groups is 1. The summed E-state index contributed by atoms with van der Waals surface area (Å²) in [6.07, 6.45) is 1.81. The van der Waals surface area contributed by atoms with Crippen molar-refractivity contribution in [3.8, 4) is 11.5 Å². The molecule has 1 heterocycles. The lowest BCUT2D eigenvalue weighted by atomic mass is 10.1. The smallest absolute Gasteiger partial charge is 0.311 e. The van der Waals surface area contributed by atoms with Crippen LogP contribution >= 0.6 is 11.8 Å². The minimum atomic E-state index is -0.300. The lowest BCUT2D eigenvalue weighted by Crippen LogP contribution is -2.08. The number of methoxy groups -OCH3 is 1. The number of amides is 1. The zero-order valence-corrected chi connectivity index (χ0v) is 16.0. The van der Waals surface area contributed by atoms with Gasteiger partial charge in [-0.25, -0.2) is 0 Å². The van der Waals surface area contributed by atoms with Crippen LogP contribution in [0.25, 0.3) is 16.8 Å². The Kier molecular flexibility index (Phi) is 5.04. The summed E-state index contributed by atoms with van der Waals surface area (Å²) in [6, 6.07) is 20.0. The average molecular weight is 390 g/mol. The molecule has 5 nitrogen and oxygen atoms in total. The molecule has 0 radical (unpaired) electrons. The Morgan fingerprint density at radius 3 is 2.68 bits per heavy atom. The van der Waals surface area contributed by atoms with Crippen LogP contribution in [0.3, 0.4) is 0 Å². The summed E-state index contributed by atoms with van der Waals surface area (Å²) in [5.41, 5.74) is 7.72. The van der Waals surface area contributed by atoms with Gasteiger partial charge in [-0.3, -0.25) is 4.79 Å². The highest BCUT2D eigenvalue weighted by Crippen LogP contribution is 2.33. The second kappa shape index (κ2) is 7.78. The molecule has 0 saturated carbocycles. The van der Waals surface area contributed by atoms with E-state index < -0.39 is 0 Å². The average Bonchev–Trinajstić information content (AvgIpc) is 3.03. The summed E-state index contributed by atoms with van der Waals surface area (Å²) < 4.78 is 11.5. The zero-order chi connectivity index (χ0) is 19.5. The second-order valence-electron chi connectivity index (χ2n) is 6.21. The molecule has 0 spiro atoms. The van der Waals surface area contributed by atoms with Crippen LogP contribution in [0.4, 0.5) is 4.79 Å². The van der Waals surface area contributed by atoms with Gasteiger partial charge in [0.15, 0.2) is 11.5 Å². The third-order valence-electron chi connectivity index (χ3n) is 4.41. The van der Waals surface area contributed by atoms with Gasteiger partial charge in [0, 0.05) is 0 Å². The molecule has 4 rings (SSSR count). The Labute approximate surface area is 166 Å². The molecule has 0 aliphatic carbocycles. The van der Waals surface area contributed by atoms with Crippen LogP contribution in [0.2, 0.25) is 0 Å². The number of aliphatic imine (C=N–C) groups is 1. The first kappa shape index (κ1) is 18.1. The summed E-state index contributed by atoms with van der Waals surface area (Å²) in [5, 5.41) is 2.05. The van der Waals surface area contributed by atoms with Crippen molar-refractivity contribution in [2.75, 3.05) is 7.11 Å². The van der Waals surface area contributed by atoms with Gasteiger partial charge in [-0.05, 0) is 51.9 Å². The molecule has 0 bridgehead atoms. The molecular formula is C22H18N2O3S. The summed E-state index contributed by atoms with van der Waals surface area (Å²) in [7, 11) is 1.60. The van der Waals surface area contributed by atoms with Crippen LogP contribution in [0, 0.1) is 0 Å². The number of thioether (sulfide) groups is 1. The predicted octanol–water partition coefficient (Wildman–Crippen LogP) is 4.99. The Balaban J connectivity index is 1.56. The van der Waals surface area contributed by atoms with Crippen molar-refractivity contribution < 1.29 is 14.3 Å². The van der Waals surface area contributed by atoms with Crippen LogP contribution in [-0.4, -0.2) is 18.2 Å². The third-order valence-corrected chi connectivity index (χ3v) is 5.22. The molecule has 0 atom stereocenters. The number of carbonyl (C=O) groups excluding carboxylic acids is 1. The van der Waals surface area contributed by atoms with Crippen molar-refractivity contribution in [1.29, 1.82) is 0 Å². The molecule has 28 heavy (non-hydrogen) atoms. The number of rotatable bonds is 5. The fourth-order valence-corrected chi connectivity index (χ4v) is 3.72. The zero-order valence-electron chi connectivity index (χ0n) is 15.2.